The van der Waals surface area contributed by atoms with E-state index in [1.54, 1.807) is 0 Å². The Morgan fingerprint density at radius 3 is 2.88 bits per heavy atom. The van der Waals surface area contributed by atoms with Crippen LogP contribution in [0.15, 0.2) is 24.5 Å². The fourth-order valence-corrected chi connectivity index (χ4v) is 2.23. The number of aromatic nitrogens is 2. The van der Waals surface area contributed by atoms with Gasteiger partial charge in [-0.1, -0.05) is 0 Å². The number of rotatable bonds is 1. The quantitative estimate of drug-likeness (QED) is 0.723. The predicted molar refractivity (Wildman–Crippen MR) is 63.7 cm³/mol. The summed E-state index contributed by atoms with van der Waals surface area (Å²) in [5, 5.41) is 1.23. The molecule has 0 saturated carbocycles. The SMILES string of the molecule is Cn1ccc2c(N3CCOCC3)ccnc21. The summed E-state index contributed by atoms with van der Waals surface area (Å²) >= 11 is 0. The average molecular weight is 217 g/mol. The van der Waals surface area contributed by atoms with Crippen molar-refractivity contribution in [3.05, 3.63) is 24.5 Å². The number of nitrogens with zero attached hydrogens (tertiary/aromatic N) is 3. The lowest BCUT2D eigenvalue weighted by Crippen LogP contribution is -2.36. The molecular formula is C12H15N3O. The Morgan fingerprint density at radius 2 is 2.06 bits per heavy atom. The van der Waals surface area contributed by atoms with Gasteiger partial charge in [-0.15, -0.1) is 0 Å². The Balaban J connectivity index is 2.08. The monoisotopic (exact) mass is 217 g/mol. The van der Waals surface area contributed by atoms with Gasteiger partial charge in [0.15, 0.2) is 0 Å². The molecule has 0 aliphatic carbocycles. The standard InChI is InChI=1S/C12H15N3O/c1-14-5-3-10-11(2-4-13-12(10)14)15-6-8-16-9-7-15/h2-5H,6-9H2,1H3. The third kappa shape index (κ3) is 1.46. The lowest BCUT2D eigenvalue weighted by Gasteiger charge is -2.29. The highest BCUT2D eigenvalue weighted by molar-refractivity contribution is 5.90. The number of pyridine rings is 1. The van der Waals surface area contributed by atoms with Crippen LogP contribution in [0, 0.1) is 0 Å². The molecule has 84 valence electrons. The second kappa shape index (κ2) is 3.79. The van der Waals surface area contributed by atoms with Crippen molar-refractivity contribution in [1.82, 2.24) is 9.55 Å². The van der Waals surface area contributed by atoms with Crippen molar-refractivity contribution >= 4 is 16.7 Å². The summed E-state index contributed by atoms with van der Waals surface area (Å²) in [5.41, 5.74) is 2.32. The van der Waals surface area contributed by atoms with E-state index in [0.29, 0.717) is 0 Å². The third-order valence-electron chi connectivity index (χ3n) is 3.10. The van der Waals surface area contributed by atoms with Crippen molar-refractivity contribution in [3.63, 3.8) is 0 Å². The first-order valence-corrected chi connectivity index (χ1v) is 5.59. The maximum Gasteiger partial charge on any atom is 0.141 e. The maximum absolute atomic E-state index is 5.38. The van der Waals surface area contributed by atoms with E-state index in [2.05, 4.69) is 32.8 Å². The number of hydrogen-bond acceptors (Lipinski definition) is 3. The fourth-order valence-electron chi connectivity index (χ4n) is 2.23. The zero-order valence-electron chi connectivity index (χ0n) is 9.39. The van der Waals surface area contributed by atoms with Crippen molar-refractivity contribution in [2.45, 2.75) is 0 Å². The van der Waals surface area contributed by atoms with Crippen molar-refractivity contribution in [2.24, 2.45) is 7.05 Å². The molecule has 3 rings (SSSR count). The van der Waals surface area contributed by atoms with Crippen LogP contribution in [0.2, 0.25) is 0 Å². The summed E-state index contributed by atoms with van der Waals surface area (Å²) < 4.78 is 7.43. The normalized spacial score (nSPS) is 16.9. The summed E-state index contributed by atoms with van der Waals surface area (Å²) in [7, 11) is 2.03. The van der Waals surface area contributed by atoms with Crippen LogP contribution in [0.1, 0.15) is 0 Å². The van der Waals surface area contributed by atoms with Gasteiger partial charge in [-0.25, -0.2) is 4.98 Å². The van der Waals surface area contributed by atoms with Gasteiger partial charge in [-0.2, -0.15) is 0 Å². The van der Waals surface area contributed by atoms with Crippen LogP contribution >= 0.6 is 0 Å². The summed E-state index contributed by atoms with van der Waals surface area (Å²) in [5.74, 6) is 0. The van der Waals surface area contributed by atoms with Gasteiger partial charge in [0.05, 0.1) is 13.2 Å². The molecule has 0 aromatic carbocycles. The maximum atomic E-state index is 5.38. The van der Waals surface area contributed by atoms with E-state index in [1.165, 1.54) is 11.1 Å². The molecule has 1 saturated heterocycles. The molecule has 0 spiro atoms. The van der Waals surface area contributed by atoms with Gasteiger partial charge < -0.3 is 14.2 Å². The van der Waals surface area contributed by atoms with Gasteiger partial charge in [-0.05, 0) is 12.1 Å². The van der Waals surface area contributed by atoms with Crippen LogP contribution < -0.4 is 4.90 Å². The minimum absolute atomic E-state index is 0.816. The lowest BCUT2D eigenvalue weighted by molar-refractivity contribution is 0.123. The molecule has 2 aromatic rings. The van der Waals surface area contributed by atoms with Crippen LogP contribution in [-0.4, -0.2) is 35.9 Å². The van der Waals surface area contributed by atoms with Crippen LogP contribution in [-0.2, 0) is 11.8 Å². The second-order valence-electron chi connectivity index (χ2n) is 4.09. The molecule has 1 fully saturated rings. The summed E-state index contributed by atoms with van der Waals surface area (Å²) in [4.78, 5) is 6.77. The second-order valence-corrected chi connectivity index (χ2v) is 4.09. The van der Waals surface area contributed by atoms with E-state index in [-0.39, 0.29) is 0 Å². The number of anilines is 1. The molecule has 0 unspecified atom stereocenters. The van der Waals surface area contributed by atoms with E-state index >= 15 is 0 Å². The molecule has 1 aliphatic rings. The molecular weight excluding hydrogens is 202 g/mol. The first-order chi connectivity index (χ1) is 7.86. The average Bonchev–Trinajstić information content (AvgIpc) is 2.73. The van der Waals surface area contributed by atoms with E-state index < -0.39 is 0 Å². The lowest BCUT2D eigenvalue weighted by atomic mass is 10.2. The van der Waals surface area contributed by atoms with Crippen molar-refractivity contribution in [2.75, 3.05) is 31.2 Å². The molecule has 16 heavy (non-hydrogen) atoms. The Bertz CT molecular complexity index is 500. The van der Waals surface area contributed by atoms with Gasteiger partial charge >= 0.3 is 0 Å². The molecule has 0 bridgehead atoms. The highest BCUT2D eigenvalue weighted by Crippen LogP contribution is 2.26. The molecule has 3 heterocycles. The van der Waals surface area contributed by atoms with Crippen LogP contribution in [0.25, 0.3) is 11.0 Å². The molecule has 1 aliphatic heterocycles. The Hall–Kier alpha value is -1.55. The topological polar surface area (TPSA) is 30.3 Å². The molecule has 0 N–H and O–H groups in total. The number of hydrogen-bond donors (Lipinski definition) is 0. The van der Waals surface area contributed by atoms with Crippen molar-refractivity contribution in [1.29, 1.82) is 0 Å². The molecule has 2 aromatic heterocycles. The molecule has 0 radical (unpaired) electrons. The van der Waals surface area contributed by atoms with E-state index in [1.807, 2.05) is 13.2 Å². The first kappa shape index (κ1) is 9.66. The largest absolute Gasteiger partial charge is 0.378 e. The summed E-state index contributed by atoms with van der Waals surface area (Å²) in [6.07, 6.45) is 3.94. The van der Waals surface area contributed by atoms with Crippen molar-refractivity contribution in [3.8, 4) is 0 Å². The Labute approximate surface area is 94.4 Å². The van der Waals surface area contributed by atoms with E-state index in [9.17, 15) is 0 Å². The van der Waals surface area contributed by atoms with Gasteiger partial charge in [0, 0.05) is 43.6 Å². The molecule has 4 heteroatoms. The number of ether oxygens (including phenoxy) is 1. The van der Waals surface area contributed by atoms with Gasteiger partial charge in [0.25, 0.3) is 0 Å². The van der Waals surface area contributed by atoms with Crippen LogP contribution in [0.4, 0.5) is 5.69 Å². The number of fused-ring (bicyclic) bond motifs is 1. The highest BCUT2D eigenvalue weighted by Gasteiger charge is 2.14. The minimum Gasteiger partial charge on any atom is -0.378 e. The smallest absolute Gasteiger partial charge is 0.141 e. The number of aryl methyl sites for hydroxylation is 1. The number of morpholine rings is 1. The zero-order valence-corrected chi connectivity index (χ0v) is 9.39. The highest BCUT2D eigenvalue weighted by atomic mass is 16.5. The predicted octanol–water partition coefficient (Wildman–Crippen LogP) is 1.41. The van der Waals surface area contributed by atoms with Crippen LogP contribution in [0.3, 0.4) is 0 Å². The fraction of sp³-hybridized carbons (Fsp3) is 0.417. The summed E-state index contributed by atoms with van der Waals surface area (Å²) in [6, 6.07) is 4.22. The Kier molecular flexibility index (Phi) is 2.29. The summed E-state index contributed by atoms with van der Waals surface area (Å²) in [6.45, 7) is 3.56. The van der Waals surface area contributed by atoms with E-state index in [0.717, 1.165) is 32.0 Å². The molecule has 0 atom stereocenters. The van der Waals surface area contributed by atoms with Gasteiger partial charge in [0.1, 0.15) is 5.65 Å². The van der Waals surface area contributed by atoms with Gasteiger partial charge in [-0.3, -0.25) is 0 Å². The first-order valence-electron chi connectivity index (χ1n) is 5.59. The molecule has 4 nitrogen and oxygen atoms in total. The molecule has 0 amide bonds. The van der Waals surface area contributed by atoms with Crippen molar-refractivity contribution < 1.29 is 4.74 Å². The van der Waals surface area contributed by atoms with E-state index in [4.69, 9.17) is 4.74 Å². The Morgan fingerprint density at radius 1 is 1.25 bits per heavy atom. The third-order valence-corrected chi connectivity index (χ3v) is 3.10. The van der Waals surface area contributed by atoms with Crippen LogP contribution in [0.5, 0.6) is 0 Å². The minimum atomic E-state index is 0.816. The zero-order chi connectivity index (χ0) is 11.0. The van der Waals surface area contributed by atoms with Gasteiger partial charge in [0.2, 0.25) is 0 Å².